The number of benzene rings is 1. The van der Waals surface area contributed by atoms with E-state index in [1.54, 1.807) is 28.6 Å². The summed E-state index contributed by atoms with van der Waals surface area (Å²) in [5.41, 5.74) is 3.20. The number of anilines is 1. The van der Waals surface area contributed by atoms with Gasteiger partial charge in [0, 0.05) is 18.3 Å². The molecule has 112 valence electrons. The molecule has 0 radical (unpaired) electrons. The lowest BCUT2D eigenvalue weighted by Gasteiger charge is -2.32. The highest BCUT2D eigenvalue weighted by Gasteiger charge is 2.30. The van der Waals surface area contributed by atoms with E-state index >= 15 is 0 Å². The van der Waals surface area contributed by atoms with Crippen molar-refractivity contribution >= 4 is 15.7 Å². The largest absolute Gasteiger partial charge is 0.324 e. The van der Waals surface area contributed by atoms with Crippen molar-refractivity contribution < 1.29 is 8.42 Å². The van der Waals surface area contributed by atoms with Crippen molar-refractivity contribution in [3.8, 4) is 0 Å². The Morgan fingerprint density at radius 1 is 1.20 bits per heavy atom. The molecule has 5 nitrogen and oxygen atoms in total. The number of rotatable bonds is 5. The molecule has 0 unspecified atom stereocenters. The minimum absolute atomic E-state index is 0.145. The predicted octanol–water partition coefficient (Wildman–Crippen LogP) is 2.32. The highest BCUT2D eigenvalue weighted by atomic mass is 32.2. The molecule has 0 saturated heterocycles. The van der Waals surface area contributed by atoms with Crippen LogP contribution >= 0.6 is 0 Å². The molecule has 0 atom stereocenters. The Bertz CT molecular complexity index is 522. The van der Waals surface area contributed by atoms with E-state index in [1.807, 2.05) is 6.92 Å². The van der Waals surface area contributed by atoms with Crippen molar-refractivity contribution in [2.45, 2.75) is 50.0 Å². The lowest BCUT2D eigenvalue weighted by atomic mass is 9.95. The lowest BCUT2D eigenvalue weighted by molar-refractivity contribution is 0.261. The molecule has 1 aliphatic carbocycles. The van der Waals surface area contributed by atoms with Gasteiger partial charge in [0.1, 0.15) is 0 Å². The summed E-state index contributed by atoms with van der Waals surface area (Å²) in [6.07, 6.45) is 5.38. The van der Waals surface area contributed by atoms with Gasteiger partial charge in [-0.25, -0.2) is 8.42 Å². The second kappa shape index (κ2) is 6.56. The first kappa shape index (κ1) is 15.3. The van der Waals surface area contributed by atoms with Crippen LogP contribution in [-0.2, 0) is 10.0 Å². The molecule has 0 amide bonds. The monoisotopic (exact) mass is 297 g/mol. The number of nitrogen functional groups attached to an aromatic ring is 1. The molecular formula is C14H23N3O2S. The van der Waals surface area contributed by atoms with Crippen LogP contribution in [0, 0.1) is 0 Å². The Kier molecular flexibility index (Phi) is 5.01. The predicted molar refractivity (Wildman–Crippen MR) is 80.7 cm³/mol. The first-order valence-electron chi connectivity index (χ1n) is 7.18. The molecule has 2 rings (SSSR count). The summed E-state index contributed by atoms with van der Waals surface area (Å²) in [5, 5.41) is 0. The van der Waals surface area contributed by atoms with Crippen LogP contribution in [-0.4, -0.2) is 25.3 Å². The van der Waals surface area contributed by atoms with Crippen LogP contribution in [0.1, 0.15) is 39.0 Å². The Morgan fingerprint density at radius 3 is 2.30 bits per heavy atom. The maximum absolute atomic E-state index is 12.7. The third-order valence-corrected chi connectivity index (χ3v) is 5.96. The van der Waals surface area contributed by atoms with Crippen LogP contribution < -0.4 is 11.3 Å². The fourth-order valence-electron chi connectivity index (χ4n) is 2.85. The lowest BCUT2D eigenvalue weighted by Crippen LogP contribution is -2.41. The van der Waals surface area contributed by atoms with E-state index in [1.165, 1.54) is 6.42 Å². The Labute approximate surface area is 121 Å². The van der Waals surface area contributed by atoms with Crippen molar-refractivity contribution in [2.75, 3.05) is 12.0 Å². The number of hydrazine groups is 1. The van der Waals surface area contributed by atoms with Crippen LogP contribution in [0.2, 0.25) is 0 Å². The molecule has 0 heterocycles. The molecule has 1 saturated carbocycles. The maximum atomic E-state index is 12.7. The van der Waals surface area contributed by atoms with Gasteiger partial charge in [0.05, 0.1) is 4.90 Å². The van der Waals surface area contributed by atoms with Crippen molar-refractivity contribution in [1.29, 1.82) is 0 Å². The van der Waals surface area contributed by atoms with E-state index < -0.39 is 10.0 Å². The Morgan fingerprint density at radius 2 is 1.80 bits per heavy atom. The van der Waals surface area contributed by atoms with E-state index in [0.717, 1.165) is 25.7 Å². The molecule has 3 N–H and O–H groups in total. The standard InChI is InChI=1S/C14H23N3O2S/c1-2-17(13-6-4-3-5-7-13)20(18,19)14-10-8-12(16-15)9-11-14/h8-11,13,16H,2-7,15H2,1H3. The molecule has 1 aliphatic rings. The summed E-state index contributed by atoms with van der Waals surface area (Å²) >= 11 is 0. The summed E-state index contributed by atoms with van der Waals surface area (Å²) in [4.78, 5) is 0.337. The van der Waals surface area contributed by atoms with Crippen molar-refractivity contribution in [2.24, 2.45) is 5.84 Å². The van der Waals surface area contributed by atoms with E-state index in [-0.39, 0.29) is 6.04 Å². The second-order valence-corrected chi connectivity index (χ2v) is 7.06. The fraction of sp³-hybridized carbons (Fsp3) is 0.571. The Balaban J connectivity index is 2.25. The highest BCUT2D eigenvalue weighted by molar-refractivity contribution is 7.89. The summed E-state index contributed by atoms with van der Waals surface area (Å²) in [6, 6.07) is 6.72. The summed E-state index contributed by atoms with van der Waals surface area (Å²) in [7, 11) is -3.41. The molecule has 0 aromatic heterocycles. The van der Waals surface area contributed by atoms with Crippen LogP contribution in [0.5, 0.6) is 0 Å². The zero-order chi connectivity index (χ0) is 14.6. The second-order valence-electron chi connectivity index (χ2n) is 5.17. The van der Waals surface area contributed by atoms with Crippen LogP contribution in [0.15, 0.2) is 29.2 Å². The quantitative estimate of drug-likeness (QED) is 0.646. The minimum atomic E-state index is -3.41. The smallest absolute Gasteiger partial charge is 0.243 e. The first-order valence-corrected chi connectivity index (χ1v) is 8.62. The zero-order valence-corrected chi connectivity index (χ0v) is 12.7. The van der Waals surface area contributed by atoms with E-state index in [0.29, 0.717) is 17.1 Å². The number of hydrogen-bond donors (Lipinski definition) is 2. The van der Waals surface area contributed by atoms with E-state index in [9.17, 15) is 8.42 Å². The molecule has 6 heteroatoms. The third-order valence-electron chi connectivity index (χ3n) is 3.92. The molecule has 20 heavy (non-hydrogen) atoms. The van der Waals surface area contributed by atoms with Gasteiger partial charge >= 0.3 is 0 Å². The van der Waals surface area contributed by atoms with E-state index in [2.05, 4.69) is 5.43 Å². The van der Waals surface area contributed by atoms with Gasteiger partial charge in [-0.3, -0.25) is 5.84 Å². The summed E-state index contributed by atoms with van der Waals surface area (Å²) in [6.45, 7) is 2.42. The average molecular weight is 297 g/mol. The van der Waals surface area contributed by atoms with Crippen molar-refractivity contribution in [3.63, 3.8) is 0 Å². The first-order chi connectivity index (χ1) is 9.59. The highest BCUT2D eigenvalue weighted by Crippen LogP contribution is 2.27. The molecule has 1 fully saturated rings. The van der Waals surface area contributed by atoms with Gasteiger partial charge in [-0.15, -0.1) is 0 Å². The molecular weight excluding hydrogens is 274 g/mol. The van der Waals surface area contributed by atoms with E-state index in [4.69, 9.17) is 5.84 Å². The van der Waals surface area contributed by atoms with Gasteiger partial charge in [0.2, 0.25) is 10.0 Å². The SMILES string of the molecule is CCN(C1CCCCC1)S(=O)(=O)c1ccc(NN)cc1. The summed E-state index contributed by atoms with van der Waals surface area (Å²) < 4.78 is 27.1. The normalized spacial score (nSPS) is 17.4. The van der Waals surface area contributed by atoms with Crippen LogP contribution in [0.25, 0.3) is 0 Å². The topological polar surface area (TPSA) is 75.4 Å². The van der Waals surface area contributed by atoms with Crippen LogP contribution in [0.4, 0.5) is 5.69 Å². The molecule has 0 aliphatic heterocycles. The average Bonchev–Trinajstić information content (AvgIpc) is 2.49. The molecule has 1 aromatic carbocycles. The number of nitrogens with one attached hydrogen (secondary N) is 1. The number of nitrogens with two attached hydrogens (primary N) is 1. The van der Waals surface area contributed by atoms with Gasteiger partial charge in [-0.2, -0.15) is 4.31 Å². The number of nitrogens with zero attached hydrogens (tertiary/aromatic N) is 1. The number of hydrogen-bond acceptors (Lipinski definition) is 4. The van der Waals surface area contributed by atoms with Gasteiger partial charge in [0.25, 0.3) is 0 Å². The fourth-order valence-corrected chi connectivity index (χ4v) is 4.55. The number of sulfonamides is 1. The van der Waals surface area contributed by atoms with Gasteiger partial charge in [0.15, 0.2) is 0 Å². The van der Waals surface area contributed by atoms with Gasteiger partial charge in [-0.1, -0.05) is 26.2 Å². The molecule has 0 bridgehead atoms. The van der Waals surface area contributed by atoms with Crippen molar-refractivity contribution in [3.05, 3.63) is 24.3 Å². The zero-order valence-electron chi connectivity index (χ0n) is 11.9. The van der Waals surface area contributed by atoms with Crippen molar-refractivity contribution in [1.82, 2.24) is 4.31 Å². The Hall–Kier alpha value is -1.11. The summed E-state index contributed by atoms with van der Waals surface area (Å²) in [5.74, 6) is 5.30. The molecule has 0 spiro atoms. The maximum Gasteiger partial charge on any atom is 0.243 e. The minimum Gasteiger partial charge on any atom is -0.324 e. The van der Waals surface area contributed by atoms with Gasteiger partial charge in [-0.05, 0) is 37.1 Å². The third kappa shape index (κ3) is 3.13. The van der Waals surface area contributed by atoms with Crippen LogP contribution in [0.3, 0.4) is 0 Å². The molecule has 1 aromatic rings. The van der Waals surface area contributed by atoms with Gasteiger partial charge < -0.3 is 5.43 Å².